The number of hydrogen-bond acceptors (Lipinski definition) is 3. The van der Waals surface area contributed by atoms with Crippen molar-refractivity contribution in [3.63, 3.8) is 0 Å². The third-order valence-electron chi connectivity index (χ3n) is 1.78. The Morgan fingerprint density at radius 2 is 2.60 bits per heavy atom. The van der Waals surface area contributed by atoms with Crippen LogP contribution < -0.4 is 5.84 Å². The number of rotatable bonds is 2. The first-order valence-corrected chi connectivity index (χ1v) is 3.37. The molecule has 0 bridgehead atoms. The summed E-state index contributed by atoms with van der Waals surface area (Å²) in [7, 11) is 0. The summed E-state index contributed by atoms with van der Waals surface area (Å²) >= 11 is 0. The summed E-state index contributed by atoms with van der Waals surface area (Å²) < 4.78 is 0. The number of azide groups is 1. The Morgan fingerprint density at radius 3 is 3.10 bits per heavy atom. The summed E-state index contributed by atoms with van der Waals surface area (Å²) in [4.78, 5) is 2.68. The first-order chi connectivity index (χ1) is 4.84. The first-order valence-electron chi connectivity index (χ1n) is 3.37. The summed E-state index contributed by atoms with van der Waals surface area (Å²) in [6.45, 7) is 1.43. The molecule has 2 N–H and O–H groups in total. The molecule has 0 aromatic heterocycles. The average molecular weight is 141 g/mol. The maximum Gasteiger partial charge on any atom is 0.0428 e. The van der Waals surface area contributed by atoms with E-state index in [1.807, 2.05) is 0 Å². The van der Waals surface area contributed by atoms with Crippen molar-refractivity contribution < 1.29 is 0 Å². The molecule has 0 amide bonds. The molecule has 1 aliphatic heterocycles. The SMILES string of the molecule is [N-]=[N+]=NCC1CCCN1N. The molecule has 1 rings (SSSR count). The largest absolute Gasteiger partial charge is 0.269 e. The third kappa shape index (κ3) is 1.60. The van der Waals surface area contributed by atoms with Gasteiger partial charge in [0.25, 0.3) is 0 Å². The molecule has 5 nitrogen and oxygen atoms in total. The van der Waals surface area contributed by atoms with Crippen molar-refractivity contribution in [1.29, 1.82) is 0 Å². The maximum atomic E-state index is 8.01. The molecule has 0 radical (unpaired) electrons. The average Bonchev–Trinajstić information content (AvgIpc) is 2.31. The van der Waals surface area contributed by atoms with Crippen molar-refractivity contribution in [2.45, 2.75) is 18.9 Å². The fourth-order valence-electron chi connectivity index (χ4n) is 1.18. The molecule has 5 heteroatoms. The minimum absolute atomic E-state index is 0.274. The van der Waals surface area contributed by atoms with E-state index in [0.717, 1.165) is 19.4 Å². The van der Waals surface area contributed by atoms with Crippen LogP contribution >= 0.6 is 0 Å². The van der Waals surface area contributed by atoms with Crippen LogP contribution in [0.3, 0.4) is 0 Å². The lowest BCUT2D eigenvalue weighted by molar-refractivity contribution is 0.267. The van der Waals surface area contributed by atoms with Gasteiger partial charge in [0, 0.05) is 24.0 Å². The third-order valence-corrected chi connectivity index (χ3v) is 1.78. The molecular formula is C5H11N5. The highest BCUT2D eigenvalue weighted by atomic mass is 15.4. The van der Waals surface area contributed by atoms with Gasteiger partial charge in [-0.25, -0.2) is 5.01 Å². The normalized spacial score (nSPS) is 26.3. The van der Waals surface area contributed by atoms with Crippen LogP contribution in [0.4, 0.5) is 0 Å². The molecule has 0 aromatic rings. The summed E-state index contributed by atoms with van der Waals surface area (Å²) in [5.41, 5.74) is 8.01. The number of hydrogen-bond donors (Lipinski definition) is 1. The zero-order valence-corrected chi connectivity index (χ0v) is 5.77. The summed E-state index contributed by atoms with van der Waals surface area (Å²) in [6.07, 6.45) is 2.16. The lowest BCUT2D eigenvalue weighted by Gasteiger charge is -2.15. The van der Waals surface area contributed by atoms with E-state index >= 15 is 0 Å². The second-order valence-corrected chi connectivity index (χ2v) is 2.45. The Balaban J connectivity index is 2.32. The Bertz CT molecular complexity index is 150. The van der Waals surface area contributed by atoms with Crippen molar-refractivity contribution in [1.82, 2.24) is 5.01 Å². The van der Waals surface area contributed by atoms with E-state index in [1.54, 1.807) is 5.01 Å². The number of nitrogens with zero attached hydrogens (tertiary/aromatic N) is 4. The van der Waals surface area contributed by atoms with Gasteiger partial charge in [0.2, 0.25) is 0 Å². The van der Waals surface area contributed by atoms with Gasteiger partial charge in [-0.2, -0.15) is 0 Å². The van der Waals surface area contributed by atoms with Gasteiger partial charge >= 0.3 is 0 Å². The van der Waals surface area contributed by atoms with Gasteiger partial charge in [0.05, 0.1) is 0 Å². The molecule has 1 fully saturated rings. The van der Waals surface area contributed by atoms with E-state index in [1.165, 1.54) is 0 Å². The van der Waals surface area contributed by atoms with Gasteiger partial charge in [-0.15, -0.1) is 0 Å². The zero-order chi connectivity index (χ0) is 7.40. The lowest BCUT2D eigenvalue weighted by atomic mass is 10.2. The molecule has 1 heterocycles. The minimum Gasteiger partial charge on any atom is -0.269 e. The fraction of sp³-hybridized carbons (Fsp3) is 1.00. The van der Waals surface area contributed by atoms with Gasteiger partial charge in [-0.1, -0.05) is 5.11 Å². The molecule has 56 valence electrons. The summed E-state index contributed by atoms with van der Waals surface area (Å²) in [6, 6.07) is 0.274. The van der Waals surface area contributed by atoms with Crippen LogP contribution in [-0.2, 0) is 0 Å². The number of hydrazine groups is 1. The van der Waals surface area contributed by atoms with E-state index in [9.17, 15) is 0 Å². The second-order valence-electron chi connectivity index (χ2n) is 2.45. The van der Waals surface area contributed by atoms with E-state index < -0.39 is 0 Å². The fourth-order valence-corrected chi connectivity index (χ4v) is 1.18. The van der Waals surface area contributed by atoms with Crippen molar-refractivity contribution in [2.24, 2.45) is 11.0 Å². The van der Waals surface area contributed by atoms with Gasteiger partial charge in [0.1, 0.15) is 0 Å². The number of nitrogens with two attached hydrogens (primary N) is 1. The lowest BCUT2D eigenvalue weighted by Crippen LogP contribution is -2.37. The Kier molecular flexibility index (Phi) is 2.50. The molecule has 0 spiro atoms. The van der Waals surface area contributed by atoms with Crippen molar-refractivity contribution in [3.05, 3.63) is 10.4 Å². The summed E-state index contributed by atoms with van der Waals surface area (Å²) in [5.74, 6) is 5.57. The van der Waals surface area contributed by atoms with Crippen LogP contribution in [0.1, 0.15) is 12.8 Å². The topological polar surface area (TPSA) is 78.0 Å². The van der Waals surface area contributed by atoms with Crippen LogP contribution in [0.15, 0.2) is 5.11 Å². The van der Waals surface area contributed by atoms with Crippen molar-refractivity contribution in [3.8, 4) is 0 Å². The second kappa shape index (κ2) is 3.41. The van der Waals surface area contributed by atoms with Gasteiger partial charge < -0.3 is 0 Å². The molecular weight excluding hydrogens is 130 g/mol. The Hall–Kier alpha value is -0.770. The van der Waals surface area contributed by atoms with Crippen LogP contribution in [0.25, 0.3) is 10.4 Å². The van der Waals surface area contributed by atoms with Gasteiger partial charge in [0.15, 0.2) is 0 Å². The molecule has 0 aromatic carbocycles. The molecule has 10 heavy (non-hydrogen) atoms. The highest BCUT2D eigenvalue weighted by molar-refractivity contribution is 4.76. The van der Waals surface area contributed by atoms with Gasteiger partial charge in [-0.3, -0.25) is 5.84 Å². The van der Waals surface area contributed by atoms with E-state index in [4.69, 9.17) is 11.4 Å². The predicted octanol–water partition coefficient (Wildman–Crippen LogP) is 0.635. The highest BCUT2D eigenvalue weighted by Crippen LogP contribution is 2.12. The minimum atomic E-state index is 0.274. The maximum absolute atomic E-state index is 8.01. The standard InChI is InChI=1S/C5H11N5/c6-9-8-4-5-2-1-3-10(5)7/h5H,1-4,7H2. The smallest absolute Gasteiger partial charge is 0.0428 e. The molecule has 1 atom stereocenters. The summed E-state index contributed by atoms with van der Waals surface area (Å²) in [5, 5.41) is 5.21. The molecule has 1 unspecified atom stereocenters. The highest BCUT2D eigenvalue weighted by Gasteiger charge is 2.19. The molecule has 1 saturated heterocycles. The Labute approximate surface area is 59.4 Å². The van der Waals surface area contributed by atoms with Gasteiger partial charge in [-0.05, 0) is 18.4 Å². The van der Waals surface area contributed by atoms with Crippen LogP contribution in [0.2, 0.25) is 0 Å². The van der Waals surface area contributed by atoms with Crippen LogP contribution in [-0.4, -0.2) is 24.1 Å². The molecule has 0 saturated carbocycles. The van der Waals surface area contributed by atoms with E-state index in [2.05, 4.69) is 10.0 Å². The monoisotopic (exact) mass is 141 g/mol. The van der Waals surface area contributed by atoms with Crippen molar-refractivity contribution in [2.75, 3.05) is 13.1 Å². The van der Waals surface area contributed by atoms with Crippen molar-refractivity contribution >= 4 is 0 Å². The molecule has 0 aliphatic carbocycles. The first kappa shape index (κ1) is 7.34. The molecule has 1 aliphatic rings. The van der Waals surface area contributed by atoms with Crippen LogP contribution in [0.5, 0.6) is 0 Å². The van der Waals surface area contributed by atoms with E-state index in [-0.39, 0.29) is 6.04 Å². The van der Waals surface area contributed by atoms with E-state index in [0.29, 0.717) is 6.54 Å². The Morgan fingerprint density at radius 1 is 1.80 bits per heavy atom. The predicted molar refractivity (Wildman–Crippen MR) is 37.9 cm³/mol. The quantitative estimate of drug-likeness (QED) is 0.265. The van der Waals surface area contributed by atoms with Crippen LogP contribution in [0, 0.1) is 0 Å². The zero-order valence-electron chi connectivity index (χ0n) is 5.77.